The fourth-order valence-corrected chi connectivity index (χ4v) is 3.99. The second-order valence-corrected chi connectivity index (χ2v) is 7.77. The maximum absolute atomic E-state index is 11.4. The third-order valence-corrected chi connectivity index (χ3v) is 5.68. The summed E-state index contributed by atoms with van der Waals surface area (Å²) in [6.45, 7) is 3.02. The van der Waals surface area contributed by atoms with Crippen LogP contribution in [0.2, 0.25) is 0 Å². The van der Waals surface area contributed by atoms with Gasteiger partial charge in [0.15, 0.2) is 0 Å². The van der Waals surface area contributed by atoms with E-state index in [1.807, 2.05) is 18.2 Å². The molecule has 5 heteroatoms. The van der Waals surface area contributed by atoms with E-state index < -0.39 is 0 Å². The third kappa shape index (κ3) is 4.04. The first-order valence-corrected chi connectivity index (χ1v) is 9.84. The number of nitriles is 1. The Morgan fingerprint density at radius 1 is 1.18 bits per heavy atom. The van der Waals surface area contributed by atoms with Crippen molar-refractivity contribution >= 4 is 11.8 Å². The Labute approximate surface area is 166 Å². The molecule has 2 aromatic carbocycles. The van der Waals surface area contributed by atoms with Crippen molar-refractivity contribution in [1.29, 1.82) is 5.26 Å². The van der Waals surface area contributed by atoms with Crippen LogP contribution < -0.4 is 5.32 Å². The van der Waals surface area contributed by atoms with Crippen LogP contribution in [0.15, 0.2) is 42.6 Å². The van der Waals surface area contributed by atoms with Gasteiger partial charge < -0.3 is 20.5 Å². The summed E-state index contributed by atoms with van der Waals surface area (Å²) >= 11 is 0. The highest BCUT2D eigenvalue weighted by molar-refractivity contribution is 5.77. The van der Waals surface area contributed by atoms with Crippen molar-refractivity contribution in [3.63, 3.8) is 0 Å². The SMILES string of the molecule is CN1C=Cc2cc(-c3cccc(C#N)c3)cc(NCC3CCN([O-])CC3)c2C1. The molecular weight excluding hydrogens is 348 g/mol. The zero-order chi connectivity index (χ0) is 19.5. The molecule has 2 aliphatic rings. The van der Waals surface area contributed by atoms with Crippen LogP contribution in [0.3, 0.4) is 0 Å². The van der Waals surface area contributed by atoms with Crippen LogP contribution in [-0.4, -0.2) is 36.6 Å². The minimum Gasteiger partial charge on any atom is -0.785 e. The Hall–Kier alpha value is -2.81. The van der Waals surface area contributed by atoms with Crippen LogP contribution >= 0.6 is 0 Å². The van der Waals surface area contributed by atoms with Crippen molar-refractivity contribution in [3.05, 3.63) is 64.5 Å². The maximum Gasteiger partial charge on any atom is 0.0991 e. The molecule has 1 fully saturated rings. The summed E-state index contributed by atoms with van der Waals surface area (Å²) < 4.78 is 0. The van der Waals surface area contributed by atoms with Gasteiger partial charge in [0.25, 0.3) is 0 Å². The van der Waals surface area contributed by atoms with Gasteiger partial charge in [-0.3, -0.25) is 0 Å². The van der Waals surface area contributed by atoms with Gasteiger partial charge >= 0.3 is 0 Å². The van der Waals surface area contributed by atoms with E-state index in [-0.39, 0.29) is 0 Å². The van der Waals surface area contributed by atoms with Crippen molar-refractivity contribution in [2.45, 2.75) is 19.4 Å². The lowest BCUT2D eigenvalue weighted by Gasteiger charge is -2.36. The van der Waals surface area contributed by atoms with E-state index in [1.54, 1.807) is 0 Å². The number of hydrogen-bond donors (Lipinski definition) is 1. The third-order valence-electron chi connectivity index (χ3n) is 5.68. The summed E-state index contributed by atoms with van der Waals surface area (Å²) in [6.07, 6.45) is 6.15. The van der Waals surface area contributed by atoms with Crippen molar-refractivity contribution in [2.24, 2.45) is 5.92 Å². The second kappa shape index (κ2) is 8.05. The molecule has 144 valence electrons. The zero-order valence-electron chi connectivity index (χ0n) is 16.2. The van der Waals surface area contributed by atoms with Gasteiger partial charge in [-0.25, -0.2) is 0 Å². The minimum absolute atomic E-state index is 0.531. The van der Waals surface area contributed by atoms with Gasteiger partial charge in [0.2, 0.25) is 0 Å². The van der Waals surface area contributed by atoms with Crippen LogP contribution in [0.5, 0.6) is 0 Å². The molecule has 1 saturated heterocycles. The molecule has 0 radical (unpaired) electrons. The molecule has 0 saturated carbocycles. The van der Waals surface area contributed by atoms with Gasteiger partial charge in [-0.1, -0.05) is 12.1 Å². The predicted molar refractivity (Wildman–Crippen MR) is 113 cm³/mol. The lowest BCUT2D eigenvalue weighted by Crippen LogP contribution is -2.32. The lowest BCUT2D eigenvalue weighted by molar-refractivity contribution is 0.251. The summed E-state index contributed by atoms with van der Waals surface area (Å²) in [5.41, 5.74) is 6.50. The quantitative estimate of drug-likeness (QED) is 0.867. The summed E-state index contributed by atoms with van der Waals surface area (Å²) in [5.74, 6) is 0.531. The number of piperidine rings is 1. The molecule has 0 aliphatic carbocycles. The number of rotatable bonds is 4. The fraction of sp³-hybridized carbons (Fsp3) is 0.348. The summed E-state index contributed by atoms with van der Waals surface area (Å²) in [5, 5.41) is 25.5. The average Bonchev–Trinajstić information content (AvgIpc) is 2.73. The molecular formula is C23H25N4O-. The summed E-state index contributed by atoms with van der Waals surface area (Å²) in [7, 11) is 2.08. The maximum atomic E-state index is 11.4. The van der Waals surface area contributed by atoms with Crippen molar-refractivity contribution in [2.75, 3.05) is 32.0 Å². The average molecular weight is 373 g/mol. The first kappa shape index (κ1) is 18.5. The standard InChI is InChI=1S/C23H25N4O/c1-26-8-7-20-12-21(19-4-2-3-18(11-19)14-24)13-23(22(20)16-26)25-15-17-5-9-27(28)10-6-17/h2-4,7-8,11-13,17,25H,5-6,9-10,15-16H2,1H3/q-1. The predicted octanol–water partition coefficient (Wildman–Crippen LogP) is 4.26. The van der Waals surface area contributed by atoms with Crippen LogP contribution in [0.4, 0.5) is 5.69 Å². The number of anilines is 1. The number of fused-ring (bicyclic) bond motifs is 1. The number of nitrogens with one attached hydrogen (secondary N) is 1. The minimum atomic E-state index is 0.531. The summed E-state index contributed by atoms with van der Waals surface area (Å²) in [4.78, 5) is 2.18. The lowest BCUT2D eigenvalue weighted by atomic mass is 9.93. The molecule has 2 heterocycles. The number of benzene rings is 2. The molecule has 4 rings (SSSR count). The Bertz CT molecular complexity index is 923. The molecule has 0 amide bonds. The Kier molecular flexibility index (Phi) is 5.34. The first-order valence-electron chi connectivity index (χ1n) is 9.84. The second-order valence-electron chi connectivity index (χ2n) is 7.77. The topological polar surface area (TPSA) is 65.4 Å². The van der Waals surface area contributed by atoms with Gasteiger partial charge in [0, 0.05) is 31.4 Å². The van der Waals surface area contributed by atoms with Crippen LogP contribution in [0, 0.1) is 22.5 Å². The van der Waals surface area contributed by atoms with E-state index in [0.29, 0.717) is 24.6 Å². The summed E-state index contributed by atoms with van der Waals surface area (Å²) in [6, 6.07) is 14.4. The van der Waals surface area contributed by atoms with E-state index >= 15 is 0 Å². The van der Waals surface area contributed by atoms with Gasteiger partial charge in [-0.05, 0) is 85.1 Å². The molecule has 2 aliphatic heterocycles. The smallest absolute Gasteiger partial charge is 0.0991 e. The van der Waals surface area contributed by atoms with Gasteiger partial charge in [-0.2, -0.15) is 5.26 Å². The van der Waals surface area contributed by atoms with Crippen LogP contribution in [0.25, 0.3) is 17.2 Å². The highest BCUT2D eigenvalue weighted by Crippen LogP contribution is 2.33. The number of hydroxylamine groups is 2. The molecule has 28 heavy (non-hydrogen) atoms. The molecule has 5 nitrogen and oxygen atoms in total. The largest absolute Gasteiger partial charge is 0.785 e. The van der Waals surface area contributed by atoms with Crippen molar-refractivity contribution in [1.82, 2.24) is 9.96 Å². The Balaban J connectivity index is 1.64. The van der Waals surface area contributed by atoms with Gasteiger partial charge in [0.05, 0.1) is 11.6 Å². The van der Waals surface area contributed by atoms with Crippen molar-refractivity contribution < 1.29 is 0 Å². The molecule has 1 N–H and O–H groups in total. The van der Waals surface area contributed by atoms with Crippen LogP contribution in [0.1, 0.15) is 29.5 Å². The molecule has 0 spiro atoms. The van der Waals surface area contributed by atoms with Gasteiger partial charge in [0.1, 0.15) is 0 Å². The molecule has 0 bridgehead atoms. The van der Waals surface area contributed by atoms with E-state index in [4.69, 9.17) is 0 Å². The Morgan fingerprint density at radius 2 is 2.00 bits per heavy atom. The molecule has 0 unspecified atom stereocenters. The molecule has 0 atom stereocenters. The monoisotopic (exact) mass is 373 g/mol. The Morgan fingerprint density at radius 3 is 2.79 bits per heavy atom. The van der Waals surface area contributed by atoms with Crippen molar-refractivity contribution in [3.8, 4) is 17.2 Å². The molecule has 2 aromatic rings. The van der Waals surface area contributed by atoms with E-state index in [0.717, 1.165) is 42.7 Å². The highest BCUT2D eigenvalue weighted by Gasteiger charge is 2.18. The van der Waals surface area contributed by atoms with E-state index in [1.165, 1.54) is 16.2 Å². The molecule has 0 aromatic heterocycles. The highest BCUT2D eigenvalue weighted by atomic mass is 16.5. The normalized spacial score (nSPS) is 17.2. The first-order chi connectivity index (χ1) is 13.6. The van der Waals surface area contributed by atoms with E-state index in [2.05, 4.69) is 53.8 Å². The van der Waals surface area contributed by atoms with Crippen LogP contribution in [-0.2, 0) is 6.54 Å². The fourth-order valence-electron chi connectivity index (χ4n) is 3.99. The number of nitrogens with zero attached hydrogens (tertiary/aromatic N) is 3. The van der Waals surface area contributed by atoms with Gasteiger partial charge in [-0.15, -0.1) is 0 Å². The van der Waals surface area contributed by atoms with E-state index in [9.17, 15) is 10.5 Å². The zero-order valence-corrected chi connectivity index (χ0v) is 16.2. The number of hydrogen-bond acceptors (Lipinski definition) is 5.